The van der Waals surface area contributed by atoms with Crippen molar-refractivity contribution in [3.8, 4) is 11.5 Å². The normalized spacial score (nSPS) is 10.1. The topological polar surface area (TPSA) is 83.8 Å². The van der Waals surface area contributed by atoms with Crippen molar-refractivity contribution < 1.29 is 24.5 Å². The molecule has 5 heteroatoms. The summed E-state index contributed by atoms with van der Waals surface area (Å²) in [7, 11) is 0. The minimum absolute atomic E-state index is 0.0319. The van der Waals surface area contributed by atoms with Crippen LogP contribution in [0.5, 0.6) is 11.5 Å². The highest BCUT2D eigenvalue weighted by atomic mass is 16.5. The average molecular weight is 286 g/mol. The summed E-state index contributed by atoms with van der Waals surface area (Å²) < 4.78 is 5.22. The van der Waals surface area contributed by atoms with Crippen molar-refractivity contribution in [2.75, 3.05) is 6.61 Å². The predicted octanol–water partition coefficient (Wildman–Crippen LogP) is 2.72. The SMILES string of the molecule is CCOc1ccc(C(=O)c2ccccc2C(=O)O)c(O)c1. The number of carboxylic acid groups (broad SMARTS) is 1. The molecule has 2 aromatic carbocycles. The van der Waals surface area contributed by atoms with Crippen molar-refractivity contribution in [3.63, 3.8) is 0 Å². The molecule has 0 bridgehead atoms. The Bertz CT molecular complexity index is 691. The number of carboxylic acids is 1. The van der Waals surface area contributed by atoms with Crippen LogP contribution in [0, 0.1) is 0 Å². The Labute approximate surface area is 121 Å². The molecule has 2 rings (SSSR count). The summed E-state index contributed by atoms with van der Waals surface area (Å²) in [5.41, 5.74) is -0.0348. The number of benzene rings is 2. The molecule has 0 saturated carbocycles. The zero-order chi connectivity index (χ0) is 15.4. The standard InChI is InChI=1S/C16H14O5/c1-2-21-10-7-8-13(14(17)9-10)15(18)11-5-3-4-6-12(11)16(19)20/h3-9,17H,2H2,1H3,(H,19,20). The van der Waals surface area contributed by atoms with Gasteiger partial charge in [0.25, 0.3) is 0 Å². The zero-order valence-electron chi connectivity index (χ0n) is 11.4. The van der Waals surface area contributed by atoms with Gasteiger partial charge in [0.05, 0.1) is 17.7 Å². The summed E-state index contributed by atoms with van der Waals surface area (Å²) in [5, 5.41) is 19.0. The van der Waals surface area contributed by atoms with Gasteiger partial charge in [0.15, 0.2) is 5.78 Å². The highest BCUT2D eigenvalue weighted by Crippen LogP contribution is 2.26. The van der Waals surface area contributed by atoms with Crippen LogP contribution in [0.1, 0.15) is 33.2 Å². The third-order valence-corrected chi connectivity index (χ3v) is 2.93. The lowest BCUT2D eigenvalue weighted by atomic mass is 9.97. The van der Waals surface area contributed by atoms with Gasteiger partial charge in [-0.2, -0.15) is 0 Å². The largest absolute Gasteiger partial charge is 0.507 e. The van der Waals surface area contributed by atoms with E-state index in [9.17, 15) is 14.7 Å². The highest BCUT2D eigenvalue weighted by molar-refractivity contribution is 6.15. The Morgan fingerprint density at radius 1 is 1.05 bits per heavy atom. The molecule has 0 aliphatic heterocycles. The van der Waals surface area contributed by atoms with Crippen molar-refractivity contribution in [1.82, 2.24) is 0 Å². The maximum absolute atomic E-state index is 12.4. The minimum Gasteiger partial charge on any atom is -0.507 e. The molecular formula is C16H14O5. The summed E-state index contributed by atoms with van der Waals surface area (Å²) in [6.07, 6.45) is 0. The molecule has 0 spiro atoms. The number of aromatic carboxylic acids is 1. The number of carbonyl (C=O) groups excluding carboxylic acids is 1. The van der Waals surface area contributed by atoms with Gasteiger partial charge in [0.2, 0.25) is 0 Å². The Hall–Kier alpha value is -2.82. The number of hydrogen-bond acceptors (Lipinski definition) is 4. The highest BCUT2D eigenvalue weighted by Gasteiger charge is 2.20. The number of phenols is 1. The molecule has 0 atom stereocenters. The summed E-state index contributed by atoms with van der Waals surface area (Å²) in [5.74, 6) is -1.54. The van der Waals surface area contributed by atoms with Crippen molar-refractivity contribution >= 4 is 11.8 Å². The lowest BCUT2D eigenvalue weighted by Crippen LogP contribution is -2.09. The van der Waals surface area contributed by atoms with E-state index in [1.807, 2.05) is 0 Å². The van der Waals surface area contributed by atoms with Crippen LogP contribution in [0.25, 0.3) is 0 Å². The van der Waals surface area contributed by atoms with E-state index in [1.165, 1.54) is 30.3 Å². The number of hydrogen-bond donors (Lipinski definition) is 2. The fourth-order valence-corrected chi connectivity index (χ4v) is 1.97. The molecule has 0 heterocycles. The van der Waals surface area contributed by atoms with E-state index in [-0.39, 0.29) is 22.4 Å². The monoisotopic (exact) mass is 286 g/mol. The lowest BCUT2D eigenvalue weighted by molar-refractivity contribution is 0.0692. The van der Waals surface area contributed by atoms with Crippen LogP contribution >= 0.6 is 0 Å². The average Bonchev–Trinajstić information content (AvgIpc) is 2.47. The van der Waals surface area contributed by atoms with Crippen molar-refractivity contribution in [2.24, 2.45) is 0 Å². The van der Waals surface area contributed by atoms with E-state index in [1.54, 1.807) is 19.1 Å². The van der Waals surface area contributed by atoms with Gasteiger partial charge in [-0.05, 0) is 25.1 Å². The summed E-state index contributed by atoms with van der Waals surface area (Å²) in [6, 6.07) is 10.2. The van der Waals surface area contributed by atoms with Gasteiger partial charge in [-0.15, -0.1) is 0 Å². The van der Waals surface area contributed by atoms with Crippen LogP contribution < -0.4 is 4.74 Å². The third-order valence-electron chi connectivity index (χ3n) is 2.93. The van der Waals surface area contributed by atoms with E-state index in [2.05, 4.69) is 0 Å². The van der Waals surface area contributed by atoms with E-state index in [0.717, 1.165) is 0 Å². The second kappa shape index (κ2) is 6.09. The van der Waals surface area contributed by atoms with E-state index < -0.39 is 11.8 Å². The molecule has 0 fully saturated rings. The number of rotatable bonds is 5. The second-order valence-electron chi connectivity index (χ2n) is 4.29. The van der Waals surface area contributed by atoms with Crippen LogP contribution in [-0.2, 0) is 0 Å². The van der Waals surface area contributed by atoms with Crippen LogP contribution in [0.15, 0.2) is 42.5 Å². The maximum atomic E-state index is 12.4. The van der Waals surface area contributed by atoms with Gasteiger partial charge in [-0.3, -0.25) is 4.79 Å². The molecule has 0 aromatic heterocycles. The number of ketones is 1. The zero-order valence-corrected chi connectivity index (χ0v) is 11.4. The summed E-state index contributed by atoms with van der Waals surface area (Å²) in [4.78, 5) is 23.5. The number of carbonyl (C=O) groups is 2. The molecule has 0 aliphatic rings. The molecule has 0 unspecified atom stereocenters. The molecule has 108 valence electrons. The first kappa shape index (κ1) is 14.6. The van der Waals surface area contributed by atoms with Gasteiger partial charge < -0.3 is 14.9 Å². The van der Waals surface area contributed by atoms with Gasteiger partial charge >= 0.3 is 5.97 Å². The molecule has 5 nitrogen and oxygen atoms in total. The lowest BCUT2D eigenvalue weighted by Gasteiger charge is -2.09. The summed E-state index contributed by atoms with van der Waals surface area (Å²) in [6.45, 7) is 2.24. The van der Waals surface area contributed by atoms with E-state index >= 15 is 0 Å². The predicted molar refractivity (Wildman–Crippen MR) is 76.1 cm³/mol. The Balaban J connectivity index is 2.43. The smallest absolute Gasteiger partial charge is 0.336 e. The van der Waals surface area contributed by atoms with Crippen LogP contribution in [-0.4, -0.2) is 28.6 Å². The molecule has 0 saturated heterocycles. The van der Waals surface area contributed by atoms with Crippen LogP contribution in [0.2, 0.25) is 0 Å². The van der Waals surface area contributed by atoms with Gasteiger partial charge in [0, 0.05) is 11.6 Å². The first-order valence-electron chi connectivity index (χ1n) is 6.37. The Kier molecular flexibility index (Phi) is 4.23. The molecule has 0 aliphatic carbocycles. The van der Waals surface area contributed by atoms with Gasteiger partial charge in [-0.25, -0.2) is 4.79 Å². The van der Waals surface area contributed by atoms with Crippen molar-refractivity contribution in [2.45, 2.75) is 6.92 Å². The first-order valence-corrected chi connectivity index (χ1v) is 6.37. The van der Waals surface area contributed by atoms with E-state index in [0.29, 0.717) is 12.4 Å². The van der Waals surface area contributed by atoms with Gasteiger partial charge in [0.1, 0.15) is 11.5 Å². The third kappa shape index (κ3) is 3.02. The minimum atomic E-state index is -1.19. The van der Waals surface area contributed by atoms with E-state index in [4.69, 9.17) is 9.84 Å². The molecule has 2 N–H and O–H groups in total. The van der Waals surface area contributed by atoms with Gasteiger partial charge in [-0.1, -0.05) is 18.2 Å². The molecule has 21 heavy (non-hydrogen) atoms. The molecule has 0 amide bonds. The van der Waals surface area contributed by atoms with Crippen LogP contribution in [0.4, 0.5) is 0 Å². The van der Waals surface area contributed by atoms with Crippen molar-refractivity contribution in [3.05, 3.63) is 59.2 Å². The fraction of sp³-hybridized carbons (Fsp3) is 0.125. The summed E-state index contributed by atoms with van der Waals surface area (Å²) >= 11 is 0. The second-order valence-corrected chi connectivity index (χ2v) is 4.29. The number of aromatic hydroxyl groups is 1. The number of ether oxygens (including phenoxy) is 1. The molecule has 2 aromatic rings. The Morgan fingerprint density at radius 3 is 2.29 bits per heavy atom. The van der Waals surface area contributed by atoms with Crippen LogP contribution in [0.3, 0.4) is 0 Å². The quantitative estimate of drug-likeness (QED) is 0.826. The Morgan fingerprint density at radius 2 is 1.71 bits per heavy atom. The molecule has 0 radical (unpaired) electrons. The molecular weight excluding hydrogens is 272 g/mol. The van der Waals surface area contributed by atoms with Crippen molar-refractivity contribution in [1.29, 1.82) is 0 Å². The first-order chi connectivity index (χ1) is 10.0. The maximum Gasteiger partial charge on any atom is 0.336 e. The number of phenolic OH excluding ortho intramolecular Hbond substituents is 1. The fourth-order valence-electron chi connectivity index (χ4n) is 1.97.